The van der Waals surface area contributed by atoms with E-state index in [1.165, 1.54) is 16.3 Å². The van der Waals surface area contributed by atoms with Crippen molar-refractivity contribution in [3.63, 3.8) is 0 Å². The molecule has 1 saturated carbocycles. The van der Waals surface area contributed by atoms with Crippen LogP contribution in [0.2, 0.25) is 22.3 Å². The van der Waals surface area contributed by atoms with Crippen molar-refractivity contribution in [1.29, 1.82) is 0 Å². The molecule has 0 amide bonds. The van der Waals surface area contributed by atoms with Gasteiger partial charge in [0, 0.05) is 11.1 Å². The Morgan fingerprint density at radius 3 is 1.60 bits per heavy atom. The first-order chi connectivity index (χ1) is 19.7. The number of aliphatic imine (C=N–C) groups is 2. The van der Waals surface area contributed by atoms with Crippen LogP contribution in [-0.4, -0.2) is 48.3 Å². The van der Waals surface area contributed by atoms with Gasteiger partial charge in [0.05, 0.1) is 0 Å². The van der Waals surface area contributed by atoms with Crippen molar-refractivity contribution in [2.24, 2.45) is 9.98 Å². The normalized spacial score (nSPS) is 19.1. The Hall–Kier alpha value is -2.06. The Labute approximate surface area is 266 Å². The number of hydrogen-bond donors (Lipinski definition) is 2. The summed E-state index contributed by atoms with van der Waals surface area (Å²) in [5.74, 6) is 0.706. The first-order valence-corrected chi connectivity index (χ1v) is 23.2. The molecule has 0 spiro atoms. The van der Waals surface area contributed by atoms with Gasteiger partial charge in [0.15, 0.2) is 0 Å². The van der Waals surface area contributed by atoms with E-state index in [2.05, 4.69) is 104 Å². The van der Waals surface area contributed by atoms with Gasteiger partial charge in [0.2, 0.25) is 0 Å². The second-order valence-electron chi connectivity index (χ2n) is 16.9. The van der Waals surface area contributed by atoms with E-state index in [1.54, 1.807) is 0 Å². The number of phenols is 2. The quantitative estimate of drug-likeness (QED) is 0.220. The van der Waals surface area contributed by atoms with E-state index in [0.29, 0.717) is 11.5 Å². The molecule has 0 aromatic heterocycles. The second-order valence-corrected chi connectivity index (χ2v) is 27.4. The molecule has 0 aliphatic heterocycles. The summed E-state index contributed by atoms with van der Waals surface area (Å²) < 4.78 is 0. The van der Waals surface area contributed by atoms with E-state index in [4.69, 9.17) is 9.98 Å². The van der Waals surface area contributed by atoms with E-state index in [9.17, 15) is 10.2 Å². The molecule has 0 saturated heterocycles. The van der Waals surface area contributed by atoms with E-state index < -0.39 is 13.6 Å². The van der Waals surface area contributed by atoms with Crippen molar-refractivity contribution in [2.75, 3.05) is 0 Å². The Morgan fingerprint density at radius 1 is 0.698 bits per heavy atom. The molecular weight excluding hydrogens is 591 g/mol. The Morgan fingerprint density at radius 2 is 1.16 bits per heavy atom. The predicted octanol–water partition coefficient (Wildman–Crippen LogP) is 10.1. The van der Waals surface area contributed by atoms with Crippen molar-refractivity contribution in [2.45, 2.75) is 152 Å². The topological polar surface area (TPSA) is 65.2 Å². The molecule has 238 valence electrons. The van der Waals surface area contributed by atoms with Crippen molar-refractivity contribution < 1.29 is 10.2 Å². The number of aryl methyl sites for hydroxylation is 1. The molecule has 1 aliphatic rings. The molecule has 1 fully saturated rings. The maximum absolute atomic E-state index is 11.3. The van der Waals surface area contributed by atoms with Gasteiger partial charge in [0.1, 0.15) is 5.75 Å². The molecule has 0 radical (unpaired) electrons. The van der Waals surface area contributed by atoms with Crippen LogP contribution in [0.5, 0.6) is 11.5 Å². The van der Waals surface area contributed by atoms with Crippen molar-refractivity contribution in [3.8, 4) is 11.5 Å². The fourth-order valence-corrected chi connectivity index (χ4v) is 8.06. The van der Waals surface area contributed by atoms with Gasteiger partial charge in [-0.15, -0.1) is 0 Å². The van der Waals surface area contributed by atoms with Crippen molar-refractivity contribution in [3.05, 3.63) is 57.6 Å². The van der Waals surface area contributed by atoms with Crippen molar-refractivity contribution in [1.82, 2.24) is 0 Å². The molecule has 43 heavy (non-hydrogen) atoms. The molecule has 5 heteroatoms. The van der Waals surface area contributed by atoms with Crippen LogP contribution in [0, 0.1) is 0 Å². The number of benzene rings is 2. The van der Waals surface area contributed by atoms with Crippen LogP contribution in [0.4, 0.5) is 0 Å². The average molecular weight is 652 g/mol. The van der Waals surface area contributed by atoms with Crippen LogP contribution in [-0.2, 0) is 22.7 Å². The summed E-state index contributed by atoms with van der Waals surface area (Å²) in [5, 5.41) is 23.9. The molecular formula is C38H60AsN2O2+. The van der Waals surface area contributed by atoms with E-state index in [1.807, 2.05) is 12.4 Å². The van der Waals surface area contributed by atoms with E-state index in [0.717, 1.165) is 60.8 Å². The SMILES string of the molecule is CC(C)(C)c1cc(C=NC2CCCCC2N=Cc2cc(C(C)(C)C)cc(C(C)(C)C)c2O)c(O)c(CCC[As+](C)(C)C)c1. The standard InChI is InChI=1S/C38H59AsN2O2/c1-36(2,3)29-20-26(16-15-19-39(10,11)12)34(42)27(21-29)24-40-32-17-13-14-18-33(32)41-25-28-22-30(37(4,5)6)23-31(35(28)43)38(7,8)9/h20-25,32-33H,13-19H2,1-12H3,(H-,40,41,42,43)/p+1. The summed E-state index contributed by atoms with van der Waals surface area (Å²) in [6.45, 7) is 19.7. The third-order valence-electron chi connectivity index (χ3n) is 8.68. The summed E-state index contributed by atoms with van der Waals surface area (Å²) in [6, 6.07) is 8.67. The van der Waals surface area contributed by atoms with Gasteiger partial charge in [-0.25, -0.2) is 0 Å². The van der Waals surface area contributed by atoms with Gasteiger partial charge in [0.25, 0.3) is 0 Å². The van der Waals surface area contributed by atoms with Crippen LogP contribution < -0.4 is 0 Å². The monoisotopic (exact) mass is 651 g/mol. The molecule has 2 N–H and O–H groups in total. The van der Waals surface area contributed by atoms with Crippen LogP contribution in [0.15, 0.2) is 34.3 Å². The Kier molecular flexibility index (Phi) is 11.1. The maximum atomic E-state index is 11.3. The number of hydrogen-bond acceptors (Lipinski definition) is 4. The van der Waals surface area contributed by atoms with Crippen LogP contribution in [0.3, 0.4) is 0 Å². The summed E-state index contributed by atoms with van der Waals surface area (Å²) in [4.78, 5) is 10.1. The Balaban J connectivity index is 1.94. The second kappa shape index (κ2) is 13.5. The van der Waals surface area contributed by atoms with Gasteiger partial charge in [-0.1, -0.05) is 47.6 Å². The number of nitrogens with zero attached hydrogens (tertiary/aromatic N) is 2. The number of phenolic OH excluding ortho intramolecular Hbond substituents is 2. The van der Waals surface area contributed by atoms with Gasteiger partial charge < -0.3 is 5.11 Å². The number of rotatable bonds is 8. The summed E-state index contributed by atoms with van der Waals surface area (Å²) in [7, 11) is 0. The molecule has 2 unspecified atom stereocenters. The van der Waals surface area contributed by atoms with Gasteiger partial charge in [-0.05, 0) is 22.5 Å². The molecule has 4 nitrogen and oxygen atoms in total. The van der Waals surface area contributed by atoms with Gasteiger partial charge in [-0.3, -0.25) is 0 Å². The summed E-state index contributed by atoms with van der Waals surface area (Å²) in [6.07, 6.45) is 10.0. The first-order valence-electron chi connectivity index (χ1n) is 16.3. The van der Waals surface area contributed by atoms with Crippen molar-refractivity contribution >= 4 is 26.0 Å². The van der Waals surface area contributed by atoms with Gasteiger partial charge >= 0.3 is 175 Å². The average Bonchev–Trinajstić information content (AvgIpc) is 2.86. The van der Waals surface area contributed by atoms with E-state index in [-0.39, 0.29) is 28.3 Å². The molecule has 3 rings (SSSR count). The molecule has 1 aliphatic carbocycles. The predicted molar refractivity (Wildman–Crippen MR) is 190 cm³/mol. The van der Waals surface area contributed by atoms with E-state index >= 15 is 0 Å². The van der Waals surface area contributed by atoms with Crippen LogP contribution in [0.1, 0.15) is 128 Å². The third kappa shape index (κ3) is 9.97. The minimum atomic E-state index is -1.47. The fourth-order valence-electron chi connectivity index (χ4n) is 5.74. The molecule has 2 atom stereocenters. The zero-order valence-electron chi connectivity index (χ0n) is 29.3. The minimum absolute atomic E-state index is 0.0148. The van der Waals surface area contributed by atoms with Gasteiger partial charge in [-0.2, -0.15) is 0 Å². The number of aromatic hydroxyl groups is 2. The molecule has 2 aromatic carbocycles. The van der Waals surface area contributed by atoms with Crippen LogP contribution >= 0.6 is 0 Å². The molecule has 0 bridgehead atoms. The zero-order chi connectivity index (χ0) is 32.4. The van der Waals surface area contributed by atoms with Crippen LogP contribution in [0.25, 0.3) is 0 Å². The zero-order valence-corrected chi connectivity index (χ0v) is 31.2. The fraction of sp³-hybridized carbons (Fsp3) is 0.632. The summed E-state index contributed by atoms with van der Waals surface area (Å²) in [5.41, 5.74) is 13.1. The third-order valence-corrected chi connectivity index (χ3v) is 12.2. The molecule has 2 aromatic rings. The Bertz CT molecular complexity index is 1310. The summed E-state index contributed by atoms with van der Waals surface area (Å²) >= 11 is -1.47. The first kappa shape index (κ1) is 35.4. The molecule has 0 heterocycles.